The van der Waals surface area contributed by atoms with Crippen molar-refractivity contribution in [2.45, 2.75) is 71.1 Å². The highest BCUT2D eigenvalue weighted by Gasteiger charge is 2.26. The van der Waals surface area contributed by atoms with E-state index in [4.69, 9.17) is 15.2 Å². The van der Waals surface area contributed by atoms with Crippen LogP contribution in [0.25, 0.3) is 11.1 Å². The minimum atomic E-state index is -0.486. The van der Waals surface area contributed by atoms with E-state index in [1.54, 1.807) is 36.3 Å². The van der Waals surface area contributed by atoms with Crippen molar-refractivity contribution in [3.63, 3.8) is 0 Å². The van der Waals surface area contributed by atoms with Gasteiger partial charge in [-0.25, -0.2) is 9.78 Å². The van der Waals surface area contributed by atoms with Gasteiger partial charge < -0.3 is 20.1 Å². The van der Waals surface area contributed by atoms with E-state index in [1.165, 1.54) is 25.5 Å². The summed E-state index contributed by atoms with van der Waals surface area (Å²) in [6, 6.07) is 9.16. The summed E-state index contributed by atoms with van der Waals surface area (Å²) in [6.45, 7) is 6.05. The molecular formula is C25H36FN3O3. The van der Waals surface area contributed by atoms with Gasteiger partial charge in [0.15, 0.2) is 0 Å². The Morgan fingerprint density at radius 1 is 1.22 bits per heavy atom. The van der Waals surface area contributed by atoms with Crippen molar-refractivity contribution in [2.24, 2.45) is 5.73 Å². The van der Waals surface area contributed by atoms with Crippen LogP contribution in [-0.2, 0) is 11.3 Å². The lowest BCUT2D eigenvalue weighted by atomic mass is 9.95. The molecule has 1 heterocycles. The fourth-order valence-electron chi connectivity index (χ4n) is 3.66. The maximum atomic E-state index is 13.5. The molecule has 1 aromatic carbocycles. The van der Waals surface area contributed by atoms with Crippen LogP contribution >= 0.6 is 0 Å². The zero-order valence-electron chi connectivity index (χ0n) is 19.9. The molecule has 0 saturated heterocycles. The Morgan fingerprint density at radius 2 is 1.91 bits per heavy atom. The molecule has 3 rings (SSSR count). The highest BCUT2D eigenvalue weighted by Crippen LogP contribution is 2.27. The van der Waals surface area contributed by atoms with E-state index in [2.05, 4.69) is 4.98 Å². The monoisotopic (exact) mass is 445 g/mol. The number of nitrogens with zero attached hydrogens (tertiary/aromatic N) is 2. The van der Waals surface area contributed by atoms with Crippen LogP contribution in [0.1, 0.15) is 58.4 Å². The van der Waals surface area contributed by atoms with Crippen LogP contribution in [0.4, 0.5) is 9.18 Å². The predicted molar refractivity (Wildman–Crippen MR) is 125 cm³/mol. The third kappa shape index (κ3) is 7.48. The first-order valence-corrected chi connectivity index (χ1v) is 11.1. The Labute approximate surface area is 190 Å². The van der Waals surface area contributed by atoms with Gasteiger partial charge in [0.1, 0.15) is 11.4 Å². The zero-order valence-corrected chi connectivity index (χ0v) is 19.9. The second kappa shape index (κ2) is 11.8. The molecule has 0 aliphatic heterocycles. The van der Waals surface area contributed by atoms with Crippen LogP contribution in [0.2, 0.25) is 0 Å². The van der Waals surface area contributed by atoms with E-state index in [1.807, 2.05) is 33.9 Å². The maximum absolute atomic E-state index is 13.5. The van der Waals surface area contributed by atoms with E-state index < -0.39 is 5.95 Å². The number of amides is 1. The topological polar surface area (TPSA) is 77.7 Å². The van der Waals surface area contributed by atoms with Gasteiger partial charge in [-0.1, -0.05) is 25.3 Å². The van der Waals surface area contributed by atoms with Crippen molar-refractivity contribution in [3.8, 4) is 16.9 Å². The molecule has 0 bridgehead atoms. The molecule has 2 aromatic rings. The summed E-state index contributed by atoms with van der Waals surface area (Å²) in [6.07, 6.45) is 7.25. The summed E-state index contributed by atoms with van der Waals surface area (Å²) in [4.78, 5) is 17.2. The van der Waals surface area contributed by atoms with Gasteiger partial charge in [-0.15, -0.1) is 0 Å². The number of methoxy groups -OCH3 is 1. The first-order valence-electron chi connectivity index (χ1n) is 11.1. The molecule has 1 aromatic heterocycles. The molecule has 1 saturated carbocycles. The van der Waals surface area contributed by atoms with Gasteiger partial charge >= 0.3 is 6.09 Å². The fourth-order valence-corrected chi connectivity index (χ4v) is 3.66. The van der Waals surface area contributed by atoms with Crippen molar-refractivity contribution in [3.05, 3.63) is 48.0 Å². The van der Waals surface area contributed by atoms with E-state index in [9.17, 15) is 9.18 Å². The lowest BCUT2D eigenvalue weighted by molar-refractivity contribution is 0.0189. The van der Waals surface area contributed by atoms with Gasteiger partial charge in [0, 0.05) is 37.0 Å². The number of aromatic nitrogens is 1. The Hall–Kier alpha value is -2.67. The summed E-state index contributed by atoms with van der Waals surface area (Å²) in [5.41, 5.74) is 7.28. The smallest absolute Gasteiger partial charge is 0.410 e. The highest BCUT2D eigenvalue weighted by molar-refractivity contribution is 5.68. The third-order valence-corrected chi connectivity index (χ3v) is 5.37. The number of benzene rings is 1. The number of carbonyl (C=O) groups is 1. The lowest BCUT2D eigenvalue weighted by Crippen LogP contribution is -2.41. The van der Waals surface area contributed by atoms with Crippen molar-refractivity contribution in [2.75, 3.05) is 14.2 Å². The minimum Gasteiger partial charge on any atom is -0.496 e. The number of hydrogen-bond acceptors (Lipinski definition) is 5. The molecule has 2 N–H and O–H groups in total. The van der Waals surface area contributed by atoms with Crippen LogP contribution in [0.15, 0.2) is 36.5 Å². The third-order valence-electron chi connectivity index (χ3n) is 5.37. The summed E-state index contributed by atoms with van der Waals surface area (Å²) in [5.74, 6) is 0.223. The molecule has 176 valence electrons. The number of hydrogen-bond donors (Lipinski definition) is 1. The molecule has 7 heteroatoms. The quantitative estimate of drug-likeness (QED) is 0.625. The number of carbonyl (C=O) groups excluding carboxylic acids is 1. The van der Waals surface area contributed by atoms with Gasteiger partial charge in [0.2, 0.25) is 5.95 Å². The second-order valence-corrected chi connectivity index (χ2v) is 8.96. The molecule has 0 unspecified atom stereocenters. The predicted octanol–water partition coefficient (Wildman–Crippen LogP) is 5.54. The molecule has 1 fully saturated rings. The van der Waals surface area contributed by atoms with Gasteiger partial charge in [0.25, 0.3) is 0 Å². The number of pyridine rings is 1. The van der Waals surface area contributed by atoms with E-state index in [0.29, 0.717) is 23.9 Å². The Morgan fingerprint density at radius 3 is 2.47 bits per heavy atom. The van der Waals surface area contributed by atoms with Gasteiger partial charge in [0.05, 0.1) is 7.11 Å². The summed E-state index contributed by atoms with van der Waals surface area (Å²) in [5, 5.41) is 0. The first kappa shape index (κ1) is 25.6. The van der Waals surface area contributed by atoms with Crippen molar-refractivity contribution in [1.29, 1.82) is 0 Å². The SMILES string of the molecule is CN(C(=O)OC(C)(C)C)C1CCCCC1.COc1ccc(-c2cccnc2F)cc1CN. The van der Waals surface area contributed by atoms with Crippen molar-refractivity contribution < 1.29 is 18.7 Å². The maximum Gasteiger partial charge on any atom is 0.410 e. The van der Waals surface area contributed by atoms with Crippen molar-refractivity contribution in [1.82, 2.24) is 9.88 Å². The number of halogens is 1. The molecule has 32 heavy (non-hydrogen) atoms. The second-order valence-electron chi connectivity index (χ2n) is 8.96. The van der Waals surface area contributed by atoms with Crippen LogP contribution in [0.3, 0.4) is 0 Å². The first-order chi connectivity index (χ1) is 15.2. The van der Waals surface area contributed by atoms with Crippen molar-refractivity contribution >= 4 is 6.09 Å². The summed E-state index contributed by atoms with van der Waals surface area (Å²) in [7, 11) is 3.43. The summed E-state index contributed by atoms with van der Waals surface area (Å²) >= 11 is 0. The Bertz CT molecular complexity index is 877. The molecule has 1 aliphatic carbocycles. The van der Waals surface area contributed by atoms with Gasteiger partial charge in [-0.05, 0) is 63.4 Å². The molecule has 1 amide bonds. The zero-order chi connectivity index (χ0) is 23.7. The number of rotatable bonds is 4. The Balaban J connectivity index is 0.000000229. The number of ether oxygens (including phenoxy) is 2. The van der Waals surface area contributed by atoms with Gasteiger partial charge in [-0.2, -0.15) is 4.39 Å². The lowest BCUT2D eigenvalue weighted by Gasteiger charge is -2.32. The van der Waals surface area contributed by atoms with Crippen LogP contribution in [0.5, 0.6) is 5.75 Å². The highest BCUT2D eigenvalue weighted by atomic mass is 19.1. The van der Waals surface area contributed by atoms with Crippen LogP contribution in [-0.4, -0.2) is 41.8 Å². The fraction of sp³-hybridized carbons (Fsp3) is 0.520. The molecule has 6 nitrogen and oxygen atoms in total. The minimum absolute atomic E-state index is 0.186. The van der Waals surface area contributed by atoms with E-state index in [0.717, 1.165) is 24.0 Å². The molecule has 0 radical (unpaired) electrons. The van der Waals surface area contributed by atoms with Crippen LogP contribution in [0, 0.1) is 5.95 Å². The largest absolute Gasteiger partial charge is 0.496 e. The molecule has 0 atom stereocenters. The molecule has 1 aliphatic rings. The average Bonchev–Trinajstić information content (AvgIpc) is 2.78. The van der Waals surface area contributed by atoms with E-state index in [-0.39, 0.29) is 11.7 Å². The summed E-state index contributed by atoms with van der Waals surface area (Å²) < 4.78 is 24.0. The van der Waals surface area contributed by atoms with Crippen LogP contribution < -0.4 is 10.5 Å². The van der Waals surface area contributed by atoms with E-state index >= 15 is 0 Å². The number of nitrogens with two attached hydrogens (primary N) is 1. The van der Waals surface area contributed by atoms with Gasteiger partial charge in [-0.3, -0.25) is 0 Å². The normalized spacial score (nSPS) is 14.2. The Kier molecular flexibility index (Phi) is 9.44. The molecular weight excluding hydrogens is 409 g/mol. The standard InChI is InChI=1S/C13H13FN2O.C12H23NO2/c1-17-12-5-4-9(7-10(12)8-15)11-3-2-6-16-13(11)14;1-12(2,3)15-11(14)13(4)10-8-6-5-7-9-10/h2-7H,8,15H2,1H3;10H,5-9H2,1-4H3. The average molecular weight is 446 g/mol. The molecule has 0 spiro atoms.